The van der Waals surface area contributed by atoms with Crippen molar-refractivity contribution in [2.75, 3.05) is 13.2 Å². The highest BCUT2D eigenvalue weighted by Gasteiger charge is 2.50. The predicted molar refractivity (Wildman–Crippen MR) is 148 cm³/mol. The molecule has 3 aromatic carbocycles. The minimum atomic E-state index is -1.45. The Morgan fingerprint density at radius 1 is 1.15 bits per heavy atom. The van der Waals surface area contributed by atoms with Gasteiger partial charge >= 0.3 is 0 Å². The van der Waals surface area contributed by atoms with Gasteiger partial charge in [0.2, 0.25) is 5.90 Å². The van der Waals surface area contributed by atoms with Gasteiger partial charge < -0.3 is 14.6 Å². The van der Waals surface area contributed by atoms with Crippen molar-refractivity contribution in [3.63, 3.8) is 0 Å². The van der Waals surface area contributed by atoms with Gasteiger partial charge in [0, 0.05) is 42.0 Å². The number of benzene rings is 3. The Bertz CT molecular complexity index is 1450. The largest absolute Gasteiger partial charge is 0.494 e. The molecule has 1 heterocycles. The van der Waals surface area contributed by atoms with E-state index in [1.165, 1.54) is 0 Å². The number of hydrogen-bond donors (Lipinski definition) is 3. The zero-order valence-corrected chi connectivity index (χ0v) is 22.4. The molecule has 1 aliphatic rings. The van der Waals surface area contributed by atoms with E-state index in [-0.39, 0.29) is 37.6 Å². The van der Waals surface area contributed by atoms with Crippen molar-refractivity contribution < 1.29 is 28.2 Å². The maximum Gasteiger partial charge on any atom is 0.266 e. The highest BCUT2D eigenvalue weighted by atomic mass is 19.1. The summed E-state index contributed by atoms with van der Waals surface area (Å²) in [4.78, 5) is 21.4. The van der Waals surface area contributed by atoms with E-state index in [4.69, 9.17) is 25.1 Å². The number of azide groups is 1. The molecule has 0 aliphatic carbocycles. The van der Waals surface area contributed by atoms with Crippen LogP contribution in [0.2, 0.25) is 0 Å². The van der Waals surface area contributed by atoms with Crippen LogP contribution >= 0.6 is 0 Å². The van der Waals surface area contributed by atoms with Crippen LogP contribution in [0.3, 0.4) is 0 Å². The number of aliphatic hydroxyl groups is 1. The van der Waals surface area contributed by atoms with E-state index >= 15 is 0 Å². The van der Waals surface area contributed by atoms with E-state index in [2.05, 4.69) is 20.9 Å². The fraction of sp³-hybridized carbons (Fsp3) is 0.310. The molecule has 0 saturated heterocycles. The van der Waals surface area contributed by atoms with Gasteiger partial charge in [-0.3, -0.25) is 10.2 Å². The van der Waals surface area contributed by atoms with Crippen molar-refractivity contribution in [1.29, 1.82) is 0 Å². The van der Waals surface area contributed by atoms with Crippen molar-refractivity contribution >= 4 is 11.8 Å². The Kier molecular flexibility index (Phi) is 9.86. The molecule has 0 radical (unpaired) electrons. The summed E-state index contributed by atoms with van der Waals surface area (Å²) in [5, 5.41) is 12.6. The van der Waals surface area contributed by atoms with Gasteiger partial charge in [0.1, 0.15) is 23.5 Å². The molecule has 0 fully saturated rings. The highest BCUT2D eigenvalue weighted by Crippen LogP contribution is 2.34. The summed E-state index contributed by atoms with van der Waals surface area (Å²) < 4.78 is 39.4. The molecule has 4 rings (SSSR count). The van der Waals surface area contributed by atoms with Crippen molar-refractivity contribution in [2.45, 2.75) is 44.5 Å². The molecule has 0 aromatic heterocycles. The first-order valence-corrected chi connectivity index (χ1v) is 13.0. The third-order valence-electron chi connectivity index (χ3n) is 6.70. The minimum Gasteiger partial charge on any atom is -0.494 e. The Hall–Kier alpha value is -4.51. The fourth-order valence-electron chi connectivity index (χ4n) is 4.43. The van der Waals surface area contributed by atoms with Crippen LogP contribution in [-0.2, 0) is 29.0 Å². The van der Waals surface area contributed by atoms with Crippen LogP contribution in [0.1, 0.15) is 35.6 Å². The maximum absolute atomic E-state index is 14.1. The van der Waals surface area contributed by atoms with Crippen LogP contribution in [0.5, 0.6) is 5.75 Å². The van der Waals surface area contributed by atoms with Crippen LogP contribution in [0.25, 0.3) is 10.4 Å². The van der Waals surface area contributed by atoms with E-state index in [0.717, 1.165) is 29.3 Å². The standard InChI is InChI=1S/C29H30F2N6O4/c1-19-29(16-21-5-2-3-6-22(21)17-34-37-32,28(39)36-33-18-23-15-24(30)9-12-26(23)31)35-27(41-19)20-7-10-25(11-8-20)40-14-4-13-38/h2-3,5-12,15,19,33,38H,4,13-14,16-18H2,1H3,(H,36,39)/t19-,29-/m0/s1. The second kappa shape index (κ2) is 13.7. The number of ether oxygens (including phenoxy) is 2. The number of carbonyl (C=O) groups is 1. The summed E-state index contributed by atoms with van der Waals surface area (Å²) in [6, 6.07) is 17.3. The molecule has 2 atom stereocenters. The van der Waals surface area contributed by atoms with E-state index in [0.29, 0.717) is 24.3 Å². The smallest absolute Gasteiger partial charge is 0.266 e. The number of halogens is 2. The van der Waals surface area contributed by atoms with Crippen molar-refractivity contribution in [2.24, 2.45) is 10.1 Å². The van der Waals surface area contributed by atoms with Gasteiger partial charge in [0.15, 0.2) is 5.54 Å². The van der Waals surface area contributed by atoms with Crippen LogP contribution < -0.4 is 15.6 Å². The zero-order chi connectivity index (χ0) is 29.2. The van der Waals surface area contributed by atoms with E-state index < -0.39 is 29.2 Å². The lowest BCUT2D eigenvalue weighted by Gasteiger charge is -2.29. The molecule has 1 amide bonds. The number of amides is 1. The second-order valence-electron chi connectivity index (χ2n) is 9.43. The number of hydrogen-bond acceptors (Lipinski definition) is 7. The number of nitrogens with zero attached hydrogens (tertiary/aromatic N) is 4. The fourth-order valence-corrected chi connectivity index (χ4v) is 4.43. The zero-order valence-electron chi connectivity index (χ0n) is 22.4. The van der Waals surface area contributed by atoms with Gasteiger partial charge in [-0.1, -0.05) is 29.4 Å². The first kappa shape index (κ1) is 29.5. The number of aliphatic hydroxyl groups excluding tert-OH is 1. The number of rotatable bonds is 13. The Morgan fingerprint density at radius 3 is 2.63 bits per heavy atom. The molecule has 12 heteroatoms. The molecule has 3 aromatic rings. The summed E-state index contributed by atoms with van der Waals surface area (Å²) in [6.07, 6.45) is -0.106. The Morgan fingerprint density at radius 2 is 1.90 bits per heavy atom. The van der Waals surface area contributed by atoms with E-state index in [1.54, 1.807) is 43.3 Å². The summed E-state index contributed by atoms with van der Waals surface area (Å²) in [5.41, 5.74) is 14.8. The molecular formula is C29H30F2N6O4. The van der Waals surface area contributed by atoms with Gasteiger partial charge in [0.25, 0.3) is 5.91 Å². The molecule has 214 valence electrons. The van der Waals surface area contributed by atoms with E-state index in [1.807, 2.05) is 12.1 Å². The summed E-state index contributed by atoms with van der Waals surface area (Å²) in [6.45, 7) is 2.05. The monoisotopic (exact) mass is 564 g/mol. The normalized spacial score (nSPS) is 17.8. The highest BCUT2D eigenvalue weighted by molar-refractivity contribution is 6.00. The Labute approximate surface area is 235 Å². The van der Waals surface area contributed by atoms with Gasteiger partial charge in [-0.05, 0) is 66.0 Å². The first-order valence-electron chi connectivity index (χ1n) is 13.0. The van der Waals surface area contributed by atoms with Crippen molar-refractivity contribution in [1.82, 2.24) is 10.9 Å². The van der Waals surface area contributed by atoms with Crippen LogP contribution in [-0.4, -0.2) is 41.8 Å². The van der Waals surface area contributed by atoms with Gasteiger partial charge in [-0.25, -0.2) is 19.2 Å². The molecule has 0 unspecified atom stereocenters. The third kappa shape index (κ3) is 7.17. The van der Waals surface area contributed by atoms with Crippen LogP contribution in [0.15, 0.2) is 76.8 Å². The maximum atomic E-state index is 14.1. The Balaban J connectivity index is 1.62. The van der Waals surface area contributed by atoms with Gasteiger partial charge in [-0.15, -0.1) is 0 Å². The average Bonchev–Trinajstić information content (AvgIpc) is 3.31. The molecule has 41 heavy (non-hydrogen) atoms. The molecule has 10 nitrogen and oxygen atoms in total. The number of nitrogens with one attached hydrogen (secondary N) is 2. The third-order valence-corrected chi connectivity index (χ3v) is 6.70. The number of hydrazine groups is 1. The topological polar surface area (TPSA) is 141 Å². The number of carbonyl (C=O) groups excluding carboxylic acids is 1. The quantitative estimate of drug-likeness (QED) is 0.0922. The SMILES string of the molecule is C[C@@H]1OC(c2ccc(OCCCO)cc2)=N[C@]1(Cc1ccccc1CN=[N+]=[N-])C(=O)NNCc1cc(F)ccc1F. The molecule has 3 N–H and O–H groups in total. The molecule has 0 bridgehead atoms. The summed E-state index contributed by atoms with van der Waals surface area (Å²) in [7, 11) is 0. The molecule has 0 spiro atoms. The lowest BCUT2D eigenvalue weighted by atomic mass is 9.84. The molecular weight excluding hydrogens is 534 g/mol. The minimum absolute atomic E-state index is 0.0305. The summed E-state index contributed by atoms with van der Waals surface area (Å²) in [5.74, 6) is -0.896. The van der Waals surface area contributed by atoms with Crippen LogP contribution in [0.4, 0.5) is 8.78 Å². The molecule has 0 saturated carbocycles. The average molecular weight is 565 g/mol. The first-order chi connectivity index (χ1) is 19.9. The number of aliphatic imine (C=N–C) groups is 1. The lowest BCUT2D eigenvalue weighted by Crippen LogP contribution is -2.55. The van der Waals surface area contributed by atoms with E-state index in [9.17, 15) is 13.6 Å². The molecule has 1 aliphatic heterocycles. The van der Waals surface area contributed by atoms with Crippen molar-refractivity contribution in [3.05, 3.63) is 111 Å². The van der Waals surface area contributed by atoms with Gasteiger partial charge in [0.05, 0.1) is 13.2 Å². The lowest BCUT2D eigenvalue weighted by molar-refractivity contribution is -0.129. The second-order valence-corrected chi connectivity index (χ2v) is 9.43. The summed E-state index contributed by atoms with van der Waals surface area (Å²) >= 11 is 0. The van der Waals surface area contributed by atoms with Crippen molar-refractivity contribution in [3.8, 4) is 5.75 Å². The van der Waals surface area contributed by atoms with Gasteiger partial charge in [-0.2, -0.15) is 0 Å². The van der Waals surface area contributed by atoms with Crippen LogP contribution in [0, 0.1) is 11.6 Å². The predicted octanol–water partition coefficient (Wildman–Crippen LogP) is 4.50.